The molecule has 0 unspecified atom stereocenters. The molecule has 8 heteroatoms. The molecule has 0 saturated heterocycles. The predicted molar refractivity (Wildman–Crippen MR) is 114 cm³/mol. The largest absolute Gasteiger partial charge is 0.376 e. The Morgan fingerprint density at radius 2 is 1.81 bits per heavy atom. The Kier molecular flexibility index (Phi) is 8.00. The lowest BCUT2D eigenvalue weighted by molar-refractivity contribution is -0.113. The molecule has 2 rings (SSSR count). The first kappa shape index (κ1) is 22.0. The number of sulfonamides is 1. The van der Waals surface area contributed by atoms with Crippen molar-refractivity contribution in [1.82, 2.24) is 4.31 Å². The van der Waals surface area contributed by atoms with E-state index in [4.69, 9.17) is 0 Å². The summed E-state index contributed by atoms with van der Waals surface area (Å²) >= 11 is 1.70. The van der Waals surface area contributed by atoms with Gasteiger partial charge in [-0.1, -0.05) is 26.7 Å². The molecule has 0 heterocycles. The first-order chi connectivity index (χ1) is 12.8. The Balaban J connectivity index is 2.20. The average Bonchev–Trinajstić information content (AvgIpc) is 3.14. The lowest BCUT2D eigenvalue weighted by atomic mass is 10.2. The molecule has 0 spiro atoms. The van der Waals surface area contributed by atoms with Gasteiger partial charge in [-0.05, 0) is 31.0 Å². The summed E-state index contributed by atoms with van der Waals surface area (Å²) in [6.45, 7) is 4.46. The number of hydrogen-bond donors (Lipinski definition) is 1. The monoisotopic (exact) mass is 413 g/mol. The highest BCUT2D eigenvalue weighted by Crippen LogP contribution is 2.31. The predicted octanol–water partition coefficient (Wildman–Crippen LogP) is 3.40. The SMILES string of the molecule is CCN(CC)S(=O)(=O)c1ccc(N(C)C)c(NC(=O)CSC2CCCC2)c1. The van der Waals surface area contributed by atoms with Gasteiger partial charge < -0.3 is 10.2 Å². The molecule has 6 nitrogen and oxygen atoms in total. The lowest BCUT2D eigenvalue weighted by Gasteiger charge is -2.22. The zero-order chi connectivity index (χ0) is 20.0. The van der Waals surface area contributed by atoms with E-state index in [9.17, 15) is 13.2 Å². The lowest BCUT2D eigenvalue weighted by Crippen LogP contribution is -2.30. The van der Waals surface area contributed by atoms with Crippen LogP contribution in [0.2, 0.25) is 0 Å². The molecular weight excluding hydrogens is 382 g/mol. The van der Waals surface area contributed by atoms with Crippen LogP contribution in [-0.4, -0.2) is 56.8 Å². The normalized spacial score (nSPS) is 15.3. The average molecular weight is 414 g/mol. The number of benzene rings is 1. The Hall–Kier alpha value is -1.25. The van der Waals surface area contributed by atoms with Gasteiger partial charge >= 0.3 is 0 Å². The van der Waals surface area contributed by atoms with E-state index in [1.54, 1.807) is 30.0 Å². The number of amides is 1. The van der Waals surface area contributed by atoms with Crippen LogP contribution in [0.15, 0.2) is 23.1 Å². The minimum absolute atomic E-state index is 0.0904. The van der Waals surface area contributed by atoms with Crippen molar-refractivity contribution in [1.29, 1.82) is 0 Å². The highest BCUT2D eigenvalue weighted by atomic mass is 32.2. The summed E-state index contributed by atoms with van der Waals surface area (Å²) in [5.74, 6) is 0.303. The molecule has 1 aromatic carbocycles. The van der Waals surface area contributed by atoms with Crippen molar-refractivity contribution in [3.8, 4) is 0 Å². The van der Waals surface area contributed by atoms with E-state index in [0.717, 1.165) is 5.69 Å². The van der Waals surface area contributed by atoms with Gasteiger partial charge in [-0.15, -0.1) is 11.8 Å². The fraction of sp³-hybridized carbons (Fsp3) is 0.632. The number of carbonyl (C=O) groups excluding carboxylic acids is 1. The van der Waals surface area contributed by atoms with Crippen molar-refractivity contribution in [3.63, 3.8) is 0 Å². The van der Waals surface area contributed by atoms with Gasteiger partial charge in [0, 0.05) is 32.4 Å². The van der Waals surface area contributed by atoms with Gasteiger partial charge in [0.05, 0.1) is 22.0 Å². The van der Waals surface area contributed by atoms with Crippen molar-refractivity contribution in [2.24, 2.45) is 0 Å². The highest BCUT2D eigenvalue weighted by Gasteiger charge is 2.23. The maximum absolute atomic E-state index is 12.8. The van der Waals surface area contributed by atoms with Crippen molar-refractivity contribution >= 4 is 39.1 Å². The molecule has 0 bridgehead atoms. The smallest absolute Gasteiger partial charge is 0.243 e. The zero-order valence-corrected chi connectivity index (χ0v) is 18.3. The molecule has 1 aliphatic rings. The van der Waals surface area contributed by atoms with Gasteiger partial charge in [-0.3, -0.25) is 4.79 Å². The molecule has 152 valence electrons. The molecule has 1 saturated carbocycles. The van der Waals surface area contributed by atoms with E-state index in [0.29, 0.717) is 29.8 Å². The summed E-state index contributed by atoms with van der Waals surface area (Å²) < 4.78 is 27.0. The van der Waals surface area contributed by atoms with Crippen molar-refractivity contribution in [2.75, 3.05) is 43.2 Å². The third-order valence-corrected chi connectivity index (χ3v) is 8.24. The molecular formula is C19H31N3O3S2. The number of thioether (sulfide) groups is 1. The fourth-order valence-corrected chi connectivity index (χ4v) is 5.92. The first-order valence-electron chi connectivity index (χ1n) is 9.52. The zero-order valence-electron chi connectivity index (χ0n) is 16.7. The van der Waals surface area contributed by atoms with Gasteiger partial charge in [0.1, 0.15) is 0 Å². The Morgan fingerprint density at radius 3 is 2.37 bits per heavy atom. The van der Waals surface area contributed by atoms with Crippen LogP contribution in [0.4, 0.5) is 11.4 Å². The summed E-state index contributed by atoms with van der Waals surface area (Å²) in [4.78, 5) is 14.5. The molecule has 1 aliphatic carbocycles. The van der Waals surface area contributed by atoms with Crippen LogP contribution < -0.4 is 10.2 Å². The van der Waals surface area contributed by atoms with Gasteiger partial charge in [0.15, 0.2) is 0 Å². The second kappa shape index (κ2) is 9.80. The van der Waals surface area contributed by atoms with Crippen LogP contribution in [0.25, 0.3) is 0 Å². The minimum Gasteiger partial charge on any atom is -0.376 e. The van der Waals surface area contributed by atoms with E-state index in [-0.39, 0.29) is 10.8 Å². The summed E-state index contributed by atoms with van der Waals surface area (Å²) in [5, 5.41) is 3.49. The quantitative estimate of drug-likeness (QED) is 0.672. The number of nitrogens with one attached hydrogen (secondary N) is 1. The van der Waals surface area contributed by atoms with Gasteiger partial charge in [-0.2, -0.15) is 4.31 Å². The summed E-state index contributed by atoms with van der Waals surface area (Å²) in [6.07, 6.45) is 4.85. The van der Waals surface area contributed by atoms with Crippen LogP contribution in [0.5, 0.6) is 0 Å². The van der Waals surface area contributed by atoms with Gasteiger partial charge in [0.25, 0.3) is 0 Å². The molecule has 1 aromatic rings. The van der Waals surface area contributed by atoms with Crippen LogP contribution in [0.3, 0.4) is 0 Å². The second-order valence-electron chi connectivity index (χ2n) is 6.93. The molecule has 0 radical (unpaired) electrons. The van der Waals surface area contributed by atoms with Crippen molar-refractivity contribution < 1.29 is 13.2 Å². The molecule has 0 aromatic heterocycles. The van der Waals surface area contributed by atoms with Crippen LogP contribution >= 0.6 is 11.8 Å². The van der Waals surface area contributed by atoms with Crippen LogP contribution in [0, 0.1) is 0 Å². The number of anilines is 2. The van der Waals surface area contributed by atoms with Gasteiger partial charge in [-0.25, -0.2) is 8.42 Å². The third kappa shape index (κ3) is 5.62. The number of hydrogen-bond acceptors (Lipinski definition) is 5. The minimum atomic E-state index is -3.57. The maximum Gasteiger partial charge on any atom is 0.243 e. The van der Waals surface area contributed by atoms with E-state index < -0.39 is 10.0 Å². The van der Waals surface area contributed by atoms with Crippen molar-refractivity contribution in [3.05, 3.63) is 18.2 Å². The molecule has 0 atom stereocenters. The fourth-order valence-electron chi connectivity index (χ4n) is 3.31. The first-order valence-corrected chi connectivity index (χ1v) is 12.0. The third-order valence-electron chi connectivity index (χ3n) is 4.82. The number of carbonyl (C=O) groups is 1. The summed E-state index contributed by atoms with van der Waals surface area (Å²) in [7, 11) is 0.175. The van der Waals surface area contributed by atoms with E-state index in [1.165, 1.54) is 30.0 Å². The van der Waals surface area contributed by atoms with E-state index >= 15 is 0 Å². The second-order valence-corrected chi connectivity index (χ2v) is 10.2. The Morgan fingerprint density at radius 1 is 1.19 bits per heavy atom. The van der Waals surface area contributed by atoms with Gasteiger partial charge in [0.2, 0.25) is 15.9 Å². The standard InChI is InChI=1S/C19H31N3O3S2/c1-5-22(6-2)27(24,25)16-11-12-18(21(3)4)17(13-16)20-19(23)14-26-15-9-7-8-10-15/h11-13,15H,5-10,14H2,1-4H3,(H,20,23). The highest BCUT2D eigenvalue weighted by molar-refractivity contribution is 8.00. The number of nitrogens with zero attached hydrogens (tertiary/aromatic N) is 2. The Bertz CT molecular complexity index is 741. The topological polar surface area (TPSA) is 69.7 Å². The van der Waals surface area contributed by atoms with Crippen molar-refractivity contribution in [2.45, 2.75) is 49.7 Å². The van der Waals surface area contributed by atoms with E-state index in [1.807, 2.05) is 32.8 Å². The summed E-state index contributed by atoms with van der Waals surface area (Å²) in [6, 6.07) is 4.92. The number of rotatable bonds is 9. The molecule has 1 N–H and O–H groups in total. The maximum atomic E-state index is 12.8. The molecule has 27 heavy (non-hydrogen) atoms. The summed E-state index contributed by atoms with van der Waals surface area (Å²) in [5.41, 5.74) is 1.32. The van der Waals surface area contributed by atoms with E-state index in [2.05, 4.69) is 5.32 Å². The molecule has 1 fully saturated rings. The van der Waals surface area contributed by atoms with Crippen LogP contribution in [-0.2, 0) is 14.8 Å². The molecule has 1 amide bonds. The molecule has 0 aliphatic heterocycles. The van der Waals surface area contributed by atoms with Crippen LogP contribution in [0.1, 0.15) is 39.5 Å². The Labute approximate surface area is 167 Å².